The third-order valence-electron chi connectivity index (χ3n) is 5.62. The minimum absolute atomic E-state index is 0.0182. The van der Waals surface area contributed by atoms with E-state index in [2.05, 4.69) is 25.2 Å². The molecule has 0 unspecified atom stereocenters. The van der Waals surface area contributed by atoms with Crippen molar-refractivity contribution >= 4 is 5.97 Å². The van der Waals surface area contributed by atoms with Gasteiger partial charge in [0.1, 0.15) is 0 Å². The molecular weight excluding hydrogens is 292 g/mol. The maximum absolute atomic E-state index is 10.9. The van der Waals surface area contributed by atoms with Gasteiger partial charge < -0.3 is 15.3 Å². The Morgan fingerprint density at radius 3 is 2.57 bits per heavy atom. The van der Waals surface area contributed by atoms with Gasteiger partial charge in [-0.1, -0.05) is 44.2 Å². The summed E-state index contributed by atoms with van der Waals surface area (Å²) in [7, 11) is 0. The van der Waals surface area contributed by atoms with E-state index in [1.807, 2.05) is 13.0 Å². The molecule has 1 saturated carbocycles. The minimum Gasteiger partial charge on any atom is -0.478 e. The first-order valence-electron chi connectivity index (χ1n) is 8.32. The molecule has 2 aliphatic rings. The maximum atomic E-state index is 10.9. The Kier molecular flexibility index (Phi) is 5.17. The predicted octanol–water partition coefficient (Wildman–Crippen LogP) is 2.78. The highest BCUT2D eigenvalue weighted by atomic mass is 16.4. The number of aliphatic carboxylic acids is 1. The second-order valence-electron chi connectivity index (χ2n) is 7.47. The van der Waals surface area contributed by atoms with Gasteiger partial charge in [-0.2, -0.15) is 0 Å². The Labute approximate surface area is 138 Å². The van der Waals surface area contributed by atoms with Crippen molar-refractivity contribution in [1.29, 1.82) is 0 Å². The SMILES string of the molecule is C/C(=C\C=C\[C@@H]1[C@@H]2[C@H](C)[C@@H](O)[C@@](C)(O)C[C@@H]2C=C[C@@H]1C)C(=O)O. The lowest BCUT2D eigenvalue weighted by Gasteiger charge is -2.51. The summed E-state index contributed by atoms with van der Waals surface area (Å²) in [5, 5.41) is 29.8. The van der Waals surface area contributed by atoms with Gasteiger partial charge in [0.25, 0.3) is 0 Å². The number of rotatable bonds is 3. The van der Waals surface area contributed by atoms with Crippen LogP contribution in [0.4, 0.5) is 0 Å². The smallest absolute Gasteiger partial charge is 0.331 e. The summed E-state index contributed by atoms with van der Waals surface area (Å²) in [6.45, 7) is 7.42. The normalized spacial score (nSPS) is 44.3. The lowest BCUT2D eigenvalue weighted by atomic mass is 9.57. The average molecular weight is 320 g/mol. The molecule has 0 radical (unpaired) electrons. The topological polar surface area (TPSA) is 77.8 Å². The first kappa shape index (κ1) is 18.0. The van der Waals surface area contributed by atoms with Crippen LogP contribution in [0, 0.1) is 29.6 Å². The first-order chi connectivity index (χ1) is 10.6. The molecule has 0 saturated heterocycles. The summed E-state index contributed by atoms with van der Waals surface area (Å²) >= 11 is 0. The minimum atomic E-state index is -1.06. The predicted molar refractivity (Wildman–Crippen MR) is 89.7 cm³/mol. The van der Waals surface area contributed by atoms with Gasteiger partial charge in [0.2, 0.25) is 0 Å². The Hall–Kier alpha value is -1.39. The quantitative estimate of drug-likeness (QED) is 0.424. The monoisotopic (exact) mass is 320 g/mol. The third kappa shape index (κ3) is 3.59. The number of aliphatic hydroxyl groups is 2. The summed E-state index contributed by atoms with van der Waals surface area (Å²) in [5.41, 5.74) is -0.754. The Balaban J connectivity index is 2.26. The van der Waals surface area contributed by atoms with E-state index in [0.29, 0.717) is 17.9 Å². The fourth-order valence-electron chi connectivity index (χ4n) is 4.23. The van der Waals surface area contributed by atoms with Crippen molar-refractivity contribution in [2.75, 3.05) is 0 Å². The summed E-state index contributed by atoms with van der Waals surface area (Å²) < 4.78 is 0. The molecular formula is C19H28O4. The molecule has 0 spiro atoms. The highest BCUT2D eigenvalue weighted by molar-refractivity contribution is 5.86. The number of allylic oxidation sites excluding steroid dienone is 5. The van der Waals surface area contributed by atoms with Crippen molar-refractivity contribution in [3.8, 4) is 0 Å². The van der Waals surface area contributed by atoms with E-state index in [0.717, 1.165) is 0 Å². The van der Waals surface area contributed by atoms with Gasteiger partial charge in [-0.25, -0.2) is 4.79 Å². The summed E-state index contributed by atoms with van der Waals surface area (Å²) in [6, 6.07) is 0. The van der Waals surface area contributed by atoms with Gasteiger partial charge in [0.15, 0.2) is 0 Å². The van der Waals surface area contributed by atoms with E-state index in [4.69, 9.17) is 5.11 Å². The van der Waals surface area contributed by atoms with Gasteiger partial charge in [-0.3, -0.25) is 0 Å². The van der Waals surface area contributed by atoms with Crippen LogP contribution in [0.25, 0.3) is 0 Å². The summed E-state index contributed by atoms with van der Waals surface area (Å²) in [4.78, 5) is 10.9. The Morgan fingerprint density at radius 1 is 1.30 bits per heavy atom. The molecule has 0 aromatic heterocycles. The molecule has 0 bridgehead atoms. The van der Waals surface area contributed by atoms with Crippen LogP contribution in [0.3, 0.4) is 0 Å². The fraction of sp³-hybridized carbons (Fsp3) is 0.632. The van der Waals surface area contributed by atoms with Crippen molar-refractivity contribution in [1.82, 2.24) is 0 Å². The van der Waals surface area contributed by atoms with Gasteiger partial charge >= 0.3 is 5.97 Å². The number of fused-ring (bicyclic) bond motifs is 1. The highest BCUT2D eigenvalue weighted by Gasteiger charge is 2.50. The first-order valence-corrected chi connectivity index (χ1v) is 8.32. The zero-order valence-electron chi connectivity index (χ0n) is 14.3. The lowest BCUT2D eigenvalue weighted by Crippen LogP contribution is -2.55. The van der Waals surface area contributed by atoms with Gasteiger partial charge in [0, 0.05) is 5.57 Å². The number of carbonyl (C=O) groups is 1. The lowest BCUT2D eigenvalue weighted by molar-refractivity contribution is -0.148. The van der Waals surface area contributed by atoms with E-state index in [1.165, 1.54) is 0 Å². The van der Waals surface area contributed by atoms with Crippen molar-refractivity contribution in [3.05, 3.63) is 36.0 Å². The molecule has 2 rings (SSSR count). The van der Waals surface area contributed by atoms with E-state index >= 15 is 0 Å². The molecule has 0 heterocycles. The standard InChI is InChI=1S/C19H28O4/c1-11-8-9-14-10-19(4,23)17(20)13(3)16(14)15(11)7-5-6-12(2)18(21)22/h5-9,11,13-17,20,23H,10H2,1-4H3,(H,21,22)/b7-5+,12-6+/t11-,13-,14-,15-,16+,17+,19-/m0/s1. The fourth-order valence-corrected chi connectivity index (χ4v) is 4.23. The molecule has 2 aliphatic carbocycles. The van der Waals surface area contributed by atoms with Crippen LogP contribution in [0.5, 0.6) is 0 Å². The number of hydrogen-bond donors (Lipinski definition) is 3. The van der Waals surface area contributed by atoms with E-state index in [9.17, 15) is 15.0 Å². The van der Waals surface area contributed by atoms with Crippen LogP contribution in [0.15, 0.2) is 36.0 Å². The average Bonchev–Trinajstić information content (AvgIpc) is 2.47. The number of carboxylic acids is 1. The highest BCUT2D eigenvalue weighted by Crippen LogP contribution is 2.49. The van der Waals surface area contributed by atoms with Crippen molar-refractivity contribution in [2.45, 2.75) is 45.8 Å². The van der Waals surface area contributed by atoms with Crippen LogP contribution in [-0.4, -0.2) is 33.0 Å². The van der Waals surface area contributed by atoms with Gasteiger partial charge in [-0.15, -0.1) is 0 Å². The molecule has 4 heteroatoms. The van der Waals surface area contributed by atoms with Crippen molar-refractivity contribution in [2.24, 2.45) is 29.6 Å². The van der Waals surface area contributed by atoms with Crippen LogP contribution >= 0.6 is 0 Å². The molecule has 0 aromatic carbocycles. The molecule has 4 nitrogen and oxygen atoms in total. The van der Waals surface area contributed by atoms with Crippen LogP contribution in [-0.2, 0) is 4.79 Å². The second-order valence-corrected chi connectivity index (χ2v) is 7.47. The van der Waals surface area contributed by atoms with E-state index in [-0.39, 0.29) is 23.7 Å². The largest absolute Gasteiger partial charge is 0.478 e. The van der Waals surface area contributed by atoms with Crippen molar-refractivity contribution in [3.63, 3.8) is 0 Å². The van der Waals surface area contributed by atoms with Crippen LogP contribution < -0.4 is 0 Å². The second kappa shape index (κ2) is 6.62. The van der Waals surface area contributed by atoms with Crippen LogP contribution in [0.1, 0.15) is 34.1 Å². The molecule has 0 aliphatic heterocycles. The molecule has 1 fully saturated rings. The van der Waals surface area contributed by atoms with Gasteiger partial charge in [0.05, 0.1) is 11.7 Å². The molecule has 0 amide bonds. The molecule has 3 N–H and O–H groups in total. The molecule has 23 heavy (non-hydrogen) atoms. The molecule has 128 valence electrons. The summed E-state index contributed by atoms with van der Waals surface area (Å²) in [5.74, 6) is 0.100. The molecule has 7 atom stereocenters. The van der Waals surface area contributed by atoms with Gasteiger partial charge in [-0.05, 0) is 49.9 Å². The third-order valence-corrected chi connectivity index (χ3v) is 5.62. The van der Waals surface area contributed by atoms with Crippen molar-refractivity contribution < 1.29 is 20.1 Å². The van der Waals surface area contributed by atoms with Crippen LogP contribution in [0.2, 0.25) is 0 Å². The Bertz CT molecular complexity index is 544. The number of aliphatic hydroxyl groups excluding tert-OH is 1. The summed E-state index contributed by atoms with van der Waals surface area (Å²) in [6.07, 6.45) is 9.64. The molecule has 0 aromatic rings. The Morgan fingerprint density at radius 2 is 1.96 bits per heavy atom. The number of hydrogen-bond acceptors (Lipinski definition) is 3. The van der Waals surface area contributed by atoms with E-state index < -0.39 is 17.7 Å². The maximum Gasteiger partial charge on any atom is 0.331 e. The zero-order valence-corrected chi connectivity index (χ0v) is 14.3. The van der Waals surface area contributed by atoms with E-state index in [1.54, 1.807) is 19.9 Å². The zero-order chi connectivity index (χ0) is 17.4. The number of carboxylic acid groups (broad SMARTS) is 1.